The van der Waals surface area contributed by atoms with E-state index in [1.807, 2.05) is 17.0 Å². The van der Waals surface area contributed by atoms with Crippen molar-refractivity contribution in [2.45, 2.75) is 44.9 Å². The Hall–Kier alpha value is -2.45. The number of halogens is 2. The van der Waals surface area contributed by atoms with Crippen molar-refractivity contribution in [2.24, 2.45) is 5.41 Å². The second-order valence-corrected chi connectivity index (χ2v) is 11.0. The lowest BCUT2D eigenvalue weighted by Crippen LogP contribution is -2.50. The molecule has 0 unspecified atom stereocenters. The Balaban J connectivity index is 1.38. The van der Waals surface area contributed by atoms with E-state index in [1.165, 1.54) is 31.4 Å². The average molecular weight is 561 g/mol. The fraction of sp³-hybridized carbons (Fsp3) is 0.500. The number of piperidine rings is 2. The molecule has 2 saturated heterocycles. The quantitative estimate of drug-likeness (QED) is 0.470. The molecule has 0 aliphatic carbocycles. The summed E-state index contributed by atoms with van der Waals surface area (Å²) in [6.45, 7) is 4.42. The number of carboxylic acids is 1. The zero-order valence-corrected chi connectivity index (χ0v) is 22.1. The van der Waals surface area contributed by atoms with Gasteiger partial charge in [0.2, 0.25) is 0 Å². The summed E-state index contributed by atoms with van der Waals surface area (Å²) < 4.78 is 20.0. The summed E-state index contributed by atoms with van der Waals surface area (Å²) >= 11 is 3.36. The molecule has 2 aliphatic heterocycles. The van der Waals surface area contributed by atoms with Crippen molar-refractivity contribution in [1.82, 2.24) is 9.80 Å². The van der Waals surface area contributed by atoms with Crippen LogP contribution in [-0.4, -0.2) is 66.1 Å². The lowest BCUT2D eigenvalue weighted by atomic mass is 9.73. The van der Waals surface area contributed by atoms with Crippen LogP contribution in [0.3, 0.4) is 0 Å². The number of nitrogens with zero attached hydrogens (tertiary/aromatic N) is 2. The summed E-state index contributed by atoms with van der Waals surface area (Å²) in [7, 11) is 0. The van der Waals surface area contributed by atoms with Gasteiger partial charge in [0.25, 0.3) is 5.91 Å². The van der Waals surface area contributed by atoms with Crippen molar-refractivity contribution in [3.8, 4) is 5.75 Å². The molecule has 194 valence electrons. The van der Waals surface area contributed by atoms with Crippen LogP contribution < -0.4 is 4.74 Å². The largest absolute Gasteiger partial charge is 0.483 e. The Morgan fingerprint density at radius 1 is 1.00 bits per heavy atom. The van der Waals surface area contributed by atoms with Crippen molar-refractivity contribution >= 4 is 27.8 Å². The second-order valence-electron chi connectivity index (χ2n) is 10.1. The van der Waals surface area contributed by atoms with Crippen LogP contribution in [0.4, 0.5) is 4.39 Å². The van der Waals surface area contributed by atoms with E-state index in [2.05, 4.69) is 20.8 Å². The van der Waals surface area contributed by atoms with Gasteiger partial charge in [0.15, 0.2) is 6.61 Å². The molecule has 2 heterocycles. The minimum Gasteiger partial charge on any atom is -0.483 e. The molecular formula is C28H34BrFN2O4. The van der Waals surface area contributed by atoms with Crippen LogP contribution in [0.2, 0.25) is 0 Å². The maximum Gasteiger partial charge on any atom is 0.307 e. The lowest BCUT2D eigenvalue weighted by Gasteiger charge is -2.45. The third-order valence-corrected chi connectivity index (χ3v) is 7.89. The second kappa shape index (κ2) is 12.2. The highest BCUT2D eigenvalue weighted by Gasteiger charge is 2.38. The molecule has 2 fully saturated rings. The van der Waals surface area contributed by atoms with Crippen molar-refractivity contribution in [3.05, 3.63) is 63.9 Å². The summed E-state index contributed by atoms with van der Waals surface area (Å²) in [5, 5.41) is 9.18. The number of rotatable bonds is 9. The van der Waals surface area contributed by atoms with Gasteiger partial charge in [-0.2, -0.15) is 0 Å². The van der Waals surface area contributed by atoms with Crippen molar-refractivity contribution in [1.29, 1.82) is 0 Å². The van der Waals surface area contributed by atoms with Crippen LogP contribution in [0.25, 0.3) is 0 Å². The molecule has 8 heteroatoms. The van der Waals surface area contributed by atoms with E-state index < -0.39 is 5.97 Å². The highest BCUT2D eigenvalue weighted by Crippen LogP contribution is 2.37. The predicted molar refractivity (Wildman–Crippen MR) is 140 cm³/mol. The molecule has 36 heavy (non-hydrogen) atoms. The molecule has 0 atom stereocenters. The summed E-state index contributed by atoms with van der Waals surface area (Å²) in [5.74, 6) is -0.845. The topological polar surface area (TPSA) is 70.1 Å². The van der Waals surface area contributed by atoms with E-state index >= 15 is 0 Å². The number of amides is 1. The minimum atomic E-state index is -0.952. The maximum atomic E-state index is 13.5. The van der Waals surface area contributed by atoms with E-state index in [9.17, 15) is 19.1 Å². The number of aliphatic carboxylic acids is 1. The van der Waals surface area contributed by atoms with Gasteiger partial charge in [0, 0.05) is 29.7 Å². The number of carbonyl (C=O) groups is 2. The zero-order valence-electron chi connectivity index (χ0n) is 20.6. The zero-order chi connectivity index (χ0) is 25.5. The van der Waals surface area contributed by atoms with Gasteiger partial charge in [-0.05, 0) is 86.5 Å². The standard InChI is InChI=1S/C28H34BrFN2O4/c29-23-6-9-25(22(16-23)17-27(34)35)36-19-26(33)32-14-10-28(11-15-32,20-31-12-2-1-3-13-31)18-21-4-7-24(30)8-5-21/h4-9,16H,1-3,10-15,17-20H2,(H,34,35). The Kier molecular flexibility index (Phi) is 9.01. The van der Waals surface area contributed by atoms with Crippen LogP contribution in [0, 0.1) is 11.2 Å². The average Bonchev–Trinajstić information content (AvgIpc) is 2.85. The molecule has 2 aromatic rings. The van der Waals surface area contributed by atoms with E-state index in [4.69, 9.17) is 4.74 Å². The molecule has 0 bridgehead atoms. The van der Waals surface area contributed by atoms with E-state index in [1.54, 1.807) is 18.2 Å². The third-order valence-electron chi connectivity index (χ3n) is 7.39. The molecule has 2 aliphatic rings. The molecule has 1 N–H and O–H groups in total. The van der Waals surface area contributed by atoms with Crippen LogP contribution in [0.1, 0.15) is 43.2 Å². The van der Waals surface area contributed by atoms with Gasteiger partial charge in [-0.15, -0.1) is 0 Å². The lowest BCUT2D eigenvalue weighted by molar-refractivity contribution is -0.136. The van der Waals surface area contributed by atoms with Crippen LogP contribution in [0.5, 0.6) is 5.75 Å². The molecule has 4 rings (SSSR count). The number of benzene rings is 2. The molecule has 0 aromatic heterocycles. The van der Waals surface area contributed by atoms with E-state index in [-0.39, 0.29) is 30.2 Å². The number of carbonyl (C=O) groups excluding carboxylic acids is 1. The number of carboxylic acid groups (broad SMARTS) is 1. The first-order valence-corrected chi connectivity index (χ1v) is 13.5. The van der Waals surface area contributed by atoms with Gasteiger partial charge in [-0.3, -0.25) is 9.59 Å². The molecule has 1 amide bonds. The molecular weight excluding hydrogens is 527 g/mol. The van der Waals surface area contributed by atoms with Gasteiger partial charge in [0.05, 0.1) is 6.42 Å². The van der Waals surface area contributed by atoms with Gasteiger partial charge in [0.1, 0.15) is 11.6 Å². The Bertz CT molecular complexity index is 1050. The van der Waals surface area contributed by atoms with Crippen LogP contribution in [0.15, 0.2) is 46.9 Å². The molecule has 0 spiro atoms. The maximum absolute atomic E-state index is 13.5. The fourth-order valence-electron chi connectivity index (χ4n) is 5.47. The van der Waals surface area contributed by atoms with Gasteiger partial charge in [-0.25, -0.2) is 4.39 Å². The normalized spacial score (nSPS) is 18.1. The summed E-state index contributed by atoms with van der Waals surface area (Å²) in [6, 6.07) is 12.0. The molecule has 0 radical (unpaired) electrons. The highest BCUT2D eigenvalue weighted by molar-refractivity contribution is 9.10. The summed E-state index contributed by atoms with van der Waals surface area (Å²) in [6.07, 6.45) is 6.22. The third kappa shape index (κ3) is 7.29. The first kappa shape index (κ1) is 26.6. The van der Waals surface area contributed by atoms with Crippen LogP contribution in [-0.2, 0) is 22.4 Å². The van der Waals surface area contributed by atoms with Crippen LogP contribution >= 0.6 is 15.9 Å². The number of hydrogen-bond acceptors (Lipinski definition) is 4. The SMILES string of the molecule is O=C(O)Cc1cc(Br)ccc1OCC(=O)N1CCC(Cc2ccc(F)cc2)(CN2CCCCC2)CC1. The van der Waals surface area contributed by atoms with Gasteiger partial charge < -0.3 is 19.6 Å². The van der Waals surface area contributed by atoms with Crippen molar-refractivity contribution in [3.63, 3.8) is 0 Å². The van der Waals surface area contributed by atoms with Gasteiger partial charge >= 0.3 is 5.97 Å². The number of hydrogen-bond donors (Lipinski definition) is 1. The monoisotopic (exact) mass is 560 g/mol. The van der Waals surface area contributed by atoms with E-state index in [0.717, 1.165) is 48.9 Å². The highest BCUT2D eigenvalue weighted by atomic mass is 79.9. The first-order chi connectivity index (χ1) is 17.3. The van der Waals surface area contributed by atoms with Gasteiger partial charge in [-0.1, -0.05) is 34.5 Å². The minimum absolute atomic E-state index is 0.0488. The summed E-state index contributed by atoms with van der Waals surface area (Å²) in [5.41, 5.74) is 1.72. The molecule has 0 saturated carbocycles. The fourth-order valence-corrected chi connectivity index (χ4v) is 5.88. The van der Waals surface area contributed by atoms with Crippen molar-refractivity contribution < 1.29 is 23.8 Å². The molecule has 6 nitrogen and oxygen atoms in total. The first-order valence-electron chi connectivity index (χ1n) is 12.7. The smallest absolute Gasteiger partial charge is 0.307 e. The molecule has 2 aromatic carbocycles. The Morgan fingerprint density at radius 3 is 2.36 bits per heavy atom. The Morgan fingerprint density at radius 2 is 1.69 bits per heavy atom. The number of likely N-dealkylation sites (tertiary alicyclic amines) is 2. The van der Waals surface area contributed by atoms with Crippen molar-refractivity contribution in [2.75, 3.05) is 39.3 Å². The number of ether oxygens (including phenoxy) is 1. The Labute approximate surface area is 220 Å². The van der Waals surface area contributed by atoms with E-state index in [0.29, 0.717) is 24.4 Å². The summed E-state index contributed by atoms with van der Waals surface area (Å²) in [4.78, 5) is 28.6. The predicted octanol–water partition coefficient (Wildman–Crippen LogP) is 4.93.